The summed E-state index contributed by atoms with van der Waals surface area (Å²) in [6.45, 7) is 6.48. The zero-order valence-corrected chi connectivity index (χ0v) is 20.8. The predicted molar refractivity (Wildman–Crippen MR) is 132 cm³/mol. The molecule has 0 saturated carbocycles. The minimum absolute atomic E-state index is 0.0979. The Morgan fingerprint density at radius 1 is 1.00 bits per heavy atom. The molecule has 0 aromatic carbocycles. The van der Waals surface area contributed by atoms with E-state index in [1.54, 1.807) is 40.5 Å². The molecule has 2 N–H and O–H groups in total. The molecule has 2 heterocycles. The van der Waals surface area contributed by atoms with Gasteiger partial charge in [0.15, 0.2) is 0 Å². The molecular formula is C21H32N2O2S4. The van der Waals surface area contributed by atoms with E-state index in [9.17, 15) is 10.2 Å². The highest BCUT2D eigenvalue weighted by atomic mass is 33.2. The van der Waals surface area contributed by atoms with Crippen molar-refractivity contribution in [3.63, 3.8) is 0 Å². The molecule has 0 fully saturated rings. The molecule has 2 unspecified atom stereocenters. The van der Waals surface area contributed by atoms with E-state index < -0.39 is 21.3 Å². The topological polar surface area (TPSA) is 66.2 Å². The van der Waals surface area contributed by atoms with Gasteiger partial charge in [0, 0.05) is 23.9 Å². The Morgan fingerprint density at radius 2 is 1.66 bits per heavy atom. The van der Waals surface area contributed by atoms with Crippen LogP contribution in [0.25, 0.3) is 0 Å². The summed E-state index contributed by atoms with van der Waals surface area (Å²) in [7, 11) is 0.584. The molecular weight excluding hydrogens is 441 g/mol. The van der Waals surface area contributed by atoms with Crippen LogP contribution in [0.15, 0.2) is 58.8 Å². The van der Waals surface area contributed by atoms with Crippen molar-refractivity contribution in [1.29, 1.82) is 0 Å². The van der Waals surface area contributed by atoms with Gasteiger partial charge in [-0.25, -0.2) is 4.98 Å². The highest BCUT2D eigenvalue weighted by molar-refractivity contribution is 8.94. The predicted octanol–water partition coefficient (Wildman–Crippen LogP) is 5.31. The van der Waals surface area contributed by atoms with E-state index in [2.05, 4.69) is 43.1 Å². The van der Waals surface area contributed by atoms with E-state index in [0.717, 1.165) is 22.2 Å². The largest absolute Gasteiger partial charge is 0.390 e. The number of aliphatic hydroxyl groups is 2. The lowest BCUT2D eigenvalue weighted by atomic mass is 10.3. The number of rotatable bonds is 12. The molecule has 29 heavy (non-hydrogen) atoms. The second kappa shape index (κ2) is 11.9. The molecule has 0 aliphatic heterocycles. The molecule has 4 atom stereocenters. The maximum absolute atomic E-state index is 10.6. The number of hydrogen-bond donors (Lipinski definition) is 2. The molecule has 2 aromatic rings. The van der Waals surface area contributed by atoms with E-state index in [1.165, 1.54) is 0 Å². The van der Waals surface area contributed by atoms with Crippen molar-refractivity contribution in [3.05, 3.63) is 48.8 Å². The van der Waals surface area contributed by atoms with Crippen LogP contribution in [0.3, 0.4) is 0 Å². The monoisotopic (exact) mass is 472 g/mol. The number of hydrogen-bond acceptors (Lipinski definition) is 7. The van der Waals surface area contributed by atoms with Crippen molar-refractivity contribution in [1.82, 2.24) is 9.97 Å². The van der Waals surface area contributed by atoms with E-state index in [0.29, 0.717) is 11.5 Å². The SMILES string of the molecule is CCC(C)(SC[C@H](O)[C@@H](O)CSS(C)(CC)c1ccccn1)Sc1ccccn1. The van der Waals surface area contributed by atoms with Gasteiger partial charge in [0.2, 0.25) is 0 Å². The van der Waals surface area contributed by atoms with Gasteiger partial charge < -0.3 is 10.2 Å². The zero-order valence-electron chi connectivity index (χ0n) is 17.5. The Labute approximate surface area is 188 Å². The van der Waals surface area contributed by atoms with Crippen molar-refractivity contribution < 1.29 is 10.2 Å². The van der Waals surface area contributed by atoms with Crippen LogP contribution in [0, 0.1) is 0 Å². The average Bonchev–Trinajstić information content (AvgIpc) is 2.77. The second-order valence-electron chi connectivity index (χ2n) is 6.95. The maximum atomic E-state index is 10.6. The first-order chi connectivity index (χ1) is 13.8. The van der Waals surface area contributed by atoms with Crippen LogP contribution in [0.5, 0.6) is 0 Å². The lowest BCUT2D eigenvalue weighted by Gasteiger charge is -2.34. The summed E-state index contributed by atoms with van der Waals surface area (Å²) in [5, 5.41) is 23.2. The summed E-state index contributed by atoms with van der Waals surface area (Å²) >= 11 is 3.40. The Bertz CT molecular complexity index is 725. The number of thioether (sulfide) groups is 2. The molecule has 162 valence electrons. The van der Waals surface area contributed by atoms with Crippen LogP contribution in [0.2, 0.25) is 0 Å². The summed E-state index contributed by atoms with van der Waals surface area (Å²) in [5.41, 5.74) is 0. The van der Waals surface area contributed by atoms with Gasteiger partial charge in [0.25, 0.3) is 0 Å². The average molecular weight is 473 g/mol. The van der Waals surface area contributed by atoms with Gasteiger partial charge in [-0.3, -0.25) is 4.98 Å². The molecule has 0 spiro atoms. The minimum atomic E-state index is -1.16. The molecule has 0 bridgehead atoms. The van der Waals surface area contributed by atoms with Crippen LogP contribution in [0.4, 0.5) is 0 Å². The zero-order chi connectivity index (χ0) is 21.3. The molecule has 0 amide bonds. The normalized spacial score (nSPS) is 19.0. The first-order valence-corrected chi connectivity index (χ1v) is 15.2. The highest BCUT2D eigenvalue weighted by Gasteiger charge is 2.29. The van der Waals surface area contributed by atoms with E-state index in [4.69, 9.17) is 0 Å². The number of aliphatic hydroxyl groups excluding tert-OH is 2. The van der Waals surface area contributed by atoms with Crippen molar-refractivity contribution in [2.45, 2.75) is 53.5 Å². The quantitative estimate of drug-likeness (QED) is 0.246. The summed E-state index contributed by atoms with van der Waals surface area (Å²) < 4.78 is -0.0979. The molecule has 2 aromatic heterocycles. The van der Waals surface area contributed by atoms with Gasteiger partial charge in [-0.05, 0) is 49.6 Å². The van der Waals surface area contributed by atoms with Crippen LogP contribution >= 0.6 is 43.4 Å². The minimum Gasteiger partial charge on any atom is -0.390 e. The van der Waals surface area contributed by atoms with Crippen LogP contribution in [0.1, 0.15) is 27.2 Å². The third-order valence-electron chi connectivity index (χ3n) is 4.73. The van der Waals surface area contributed by atoms with E-state index >= 15 is 0 Å². The van der Waals surface area contributed by atoms with Gasteiger partial charge in [-0.1, -0.05) is 37.7 Å². The lowest BCUT2D eigenvalue weighted by molar-refractivity contribution is 0.0500. The molecule has 0 saturated heterocycles. The summed E-state index contributed by atoms with van der Waals surface area (Å²) in [5.74, 6) is 1.99. The van der Waals surface area contributed by atoms with Gasteiger partial charge in [0.05, 0.1) is 26.3 Å². The fourth-order valence-corrected chi connectivity index (χ4v) is 9.30. The van der Waals surface area contributed by atoms with Gasteiger partial charge in [-0.2, -0.15) is 9.06 Å². The fourth-order valence-electron chi connectivity index (χ4n) is 2.43. The Balaban J connectivity index is 1.88. The highest BCUT2D eigenvalue weighted by Crippen LogP contribution is 2.62. The Morgan fingerprint density at radius 3 is 2.21 bits per heavy atom. The van der Waals surface area contributed by atoms with Crippen molar-refractivity contribution in [3.8, 4) is 0 Å². The molecule has 0 aliphatic carbocycles. The Hall–Kier alpha value is -0.380. The van der Waals surface area contributed by atoms with Crippen LogP contribution in [-0.4, -0.2) is 60.0 Å². The smallest absolute Gasteiger partial charge is 0.0973 e. The van der Waals surface area contributed by atoms with Gasteiger partial charge in [0.1, 0.15) is 0 Å². The van der Waals surface area contributed by atoms with Crippen molar-refractivity contribution in [2.24, 2.45) is 0 Å². The maximum Gasteiger partial charge on any atom is 0.0973 e. The first-order valence-electron chi connectivity index (χ1n) is 9.73. The number of nitrogens with zero attached hydrogens (tertiary/aromatic N) is 2. The molecule has 8 heteroatoms. The summed E-state index contributed by atoms with van der Waals surface area (Å²) in [6.07, 6.45) is 5.28. The van der Waals surface area contributed by atoms with Gasteiger partial charge >= 0.3 is 0 Å². The van der Waals surface area contributed by atoms with E-state index in [-0.39, 0.29) is 4.08 Å². The molecule has 0 aliphatic rings. The first kappa shape index (κ1) is 24.9. The summed E-state index contributed by atoms with van der Waals surface area (Å²) in [6, 6.07) is 11.9. The Kier molecular flexibility index (Phi) is 10.2. The third kappa shape index (κ3) is 7.67. The van der Waals surface area contributed by atoms with Crippen molar-refractivity contribution in [2.75, 3.05) is 23.5 Å². The van der Waals surface area contributed by atoms with Crippen LogP contribution < -0.4 is 0 Å². The molecule has 4 nitrogen and oxygen atoms in total. The molecule has 2 rings (SSSR count). The standard InChI is InChI=1S/C21H32N2O2S4/c1-5-21(3,28-19-11-7-9-13-22-19)26-15-17(24)18(25)16-27-29(4,6-2)20-12-8-10-14-23-20/h7-14,17-18,24-25H,5-6,15-16H2,1-4H3/t17-,18-,21?/m0/s1. The lowest BCUT2D eigenvalue weighted by Crippen LogP contribution is -2.32. The second-order valence-corrected chi connectivity index (χ2v) is 16.7. The van der Waals surface area contributed by atoms with Gasteiger partial charge in [-0.15, -0.1) is 22.6 Å². The molecule has 0 radical (unpaired) electrons. The van der Waals surface area contributed by atoms with Crippen LogP contribution in [-0.2, 0) is 0 Å². The number of aromatic nitrogens is 2. The summed E-state index contributed by atoms with van der Waals surface area (Å²) in [4.78, 5) is 8.92. The fraction of sp³-hybridized carbons (Fsp3) is 0.524. The third-order valence-corrected chi connectivity index (χ3v) is 14.3. The van der Waals surface area contributed by atoms with E-state index in [1.807, 2.05) is 36.5 Å². The number of pyridine rings is 2. The van der Waals surface area contributed by atoms with Crippen molar-refractivity contribution >= 4 is 43.4 Å².